The fourth-order valence-electron chi connectivity index (χ4n) is 1.12. The van der Waals surface area contributed by atoms with Gasteiger partial charge in [0.1, 0.15) is 0 Å². The molecular formula is C8H11N7. The molecule has 0 bridgehead atoms. The van der Waals surface area contributed by atoms with Crippen LogP contribution in [0.25, 0.3) is 0 Å². The van der Waals surface area contributed by atoms with Crippen LogP contribution in [-0.4, -0.2) is 20.6 Å². The van der Waals surface area contributed by atoms with Crippen molar-refractivity contribution in [2.24, 2.45) is 0 Å². The Hall–Kier alpha value is -2.31. The predicted octanol–water partition coefficient (Wildman–Crippen LogP) is -0.0238. The van der Waals surface area contributed by atoms with E-state index in [1.54, 1.807) is 12.1 Å². The van der Waals surface area contributed by atoms with Gasteiger partial charge in [-0.2, -0.15) is 5.21 Å². The number of nitrogens with zero attached hydrogens (tertiary/aromatic N) is 3. The summed E-state index contributed by atoms with van der Waals surface area (Å²) in [7, 11) is 0. The molecule has 7 heteroatoms. The summed E-state index contributed by atoms with van der Waals surface area (Å²) in [5.74, 6) is 0.588. The molecule has 0 radical (unpaired) electrons. The van der Waals surface area contributed by atoms with Crippen molar-refractivity contribution in [3.63, 3.8) is 0 Å². The van der Waals surface area contributed by atoms with E-state index >= 15 is 0 Å². The molecule has 0 fully saturated rings. The zero-order chi connectivity index (χ0) is 10.7. The number of rotatable bonds is 3. The molecule has 0 amide bonds. The first-order valence-electron chi connectivity index (χ1n) is 4.37. The second-order valence-corrected chi connectivity index (χ2v) is 3.03. The second kappa shape index (κ2) is 3.82. The fourth-order valence-corrected chi connectivity index (χ4v) is 1.12. The lowest BCUT2D eigenvalue weighted by Gasteiger charge is -2.05. The fraction of sp³-hybridized carbons (Fsp3) is 0.125. The first-order valence-corrected chi connectivity index (χ1v) is 4.37. The Morgan fingerprint density at radius 1 is 1.27 bits per heavy atom. The summed E-state index contributed by atoms with van der Waals surface area (Å²) in [6, 6.07) is 5.34. The third-order valence-electron chi connectivity index (χ3n) is 1.93. The van der Waals surface area contributed by atoms with Gasteiger partial charge in [-0.25, -0.2) is 0 Å². The van der Waals surface area contributed by atoms with Gasteiger partial charge in [0.25, 0.3) is 0 Å². The number of nitrogen functional groups attached to an aromatic ring is 2. The van der Waals surface area contributed by atoms with E-state index in [1.165, 1.54) is 0 Å². The Morgan fingerprint density at radius 2 is 2.13 bits per heavy atom. The summed E-state index contributed by atoms with van der Waals surface area (Å²) < 4.78 is 0. The zero-order valence-corrected chi connectivity index (χ0v) is 7.94. The number of H-pyrrole nitrogens is 1. The molecule has 0 saturated heterocycles. The van der Waals surface area contributed by atoms with Crippen LogP contribution in [0, 0.1) is 0 Å². The van der Waals surface area contributed by atoms with E-state index in [-0.39, 0.29) is 0 Å². The van der Waals surface area contributed by atoms with Crippen LogP contribution >= 0.6 is 0 Å². The van der Waals surface area contributed by atoms with E-state index in [0.717, 1.165) is 5.69 Å². The molecule has 2 aromatic rings. The van der Waals surface area contributed by atoms with Gasteiger partial charge in [-0.15, -0.1) is 10.2 Å². The molecule has 0 atom stereocenters. The van der Waals surface area contributed by atoms with Gasteiger partial charge >= 0.3 is 0 Å². The van der Waals surface area contributed by atoms with Crippen LogP contribution in [0.15, 0.2) is 18.2 Å². The largest absolute Gasteiger partial charge is 0.397 e. The molecule has 0 aliphatic carbocycles. The van der Waals surface area contributed by atoms with E-state index < -0.39 is 0 Å². The molecule has 0 aliphatic rings. The number of benzene rings is 1. The highest BCUT2D eigenvalue weighted by atomic mass is 15.5. The summed E-state index contributed by atoms with van der Waals surface area (Å²) in [6.45, 7) is 0.486. The van der Waals surface area contributed by atoms with Crippen LogP contribution in [0.4, 0.5) is 17.1 Å². The SMILES string of the molecule is Nc1ccc(NCc2nn[nH]n2)cc1N. The molecule has 7 nitrogen and oxygen atoms in total. The van der Waals surface area contributed by atoms with Gasteiger partial charge < -0.3 is 16.8 Å². The Morgan fingerprint density at radius 3 is 2.80 bits per heavy atom. The molecule has 1 aromatic carbocycles. The average molecular weight is 205 g/mol. The Balaban J connectivity index is 2.02. The molecule has 15 heavy (non-hydrogen) atoms. The minimum atomic E-state index is 0.486. The van der Waals surface area contributed by atoms with Crippen molar-refractivity contribution in [3.8, 4) is 0 Å². The summed E-state index contributed by atoms with van der Waals surface area (Å²) >= 11 is 0. The van der Waals surface area contributed by atoms with Crippen molar-refractivity contribution in [1.82, 2.24) is 20.6 Å². The summed E-state index contributed by atoms with van der Waals surface area (Å²) in [5, 5.41) is 16.5. The van der Waals surface area contributed by atoms with E-state index in [9.17, 15) is 0 Å². The van der Waals surface area contributed by atoms with Crippen LogP contribution in [0.5, 0.6) is 0 Å². The topological polar surface area (TPSA) is 119 Å². The summed E-state index contributed by atoms with van der Waals surface area (Å²) in [4.78, 5) is 0. The van der Waals surface area contributed by atoms with Crippen molar-refractivity contribution >= 4 is 17.1 Å². The summed E-state index contributed by atoms with van der Waals surface area (Å²) in [5.41, 5.74) is 13.2. The molecule has 2 rings (SSSR count). The van der Waals surface area contributed by atoms with Crippen molar-refractivity contribution in [2.75, 3.05) is 16.8 Å². The lowest BCUT2D eigenvalue weighted by atomic mass is 10.2. The van der Waals surface area contributed by atoms with Crippen LogP contribution < -0.4 is 16.8 Å². The van der Waals surface area contributed by atoms with E-state index in [4.69, 9.17) is 11.5 Å². The Labute approximate surface area is 85.9 Å². The highest BCUT2D eigenvalue weighted by Gasteiger charge is 1.99. The molecule has 0 unspecified atom stereocenters. The number of nitrogens with one attached hydrogen (secondary N) is 2. The van der Waals surface area contributed by atoms with E-state index in [2.05, 4.69) is 25.9 Å². The molecule has 1 heterocycles. The highest BCUT2D eigenvalue weighted by Crippen LogP contribution is 2.19. The van der Waals surface area contributed by atoms with E-state index in [1.807, 2.05) is 6.07 Å². The minimum Gasteiger partial charge on any atom is -0.397 e. The number of hydrogen-bond donors (Lipinski definition) is 4. The van der Waals surface area contributed by atoms with Crippen molar-refractivity contribution in [1.29, 1.82) is 0 Å². The quantitative estimate of drug-likeness (QED) is 0.523. The van der Waals surface area contributed by atoms with Gasteiger partial charge in [0.15, 0.2) is 5.82 Å². The van der Waals surface area contributed by atoms with E-state index in [0.29, 0.717) is 23.7 Å². The zero-order valence-electron chi connectivity index (χ0n) is 7.94. The molecule has 6 N–H and O–H groups in total. The maximum absolute atomic E-state index is 5.65. The molecule has 0 spiro atoms. The standard InChI is InChI=1S/C8H11N7/c9-6-2-1-5(3-7(6)10)11-4-8-12-14-15-13-8/h1-3,11H,4,9-10H2,(H,12,13,14,15). The summed E-state index contributed by atoms with van der Waals surface area (Å²) in [6.07, 6.45) is 0. The van der Waals surface area contributed by atoms with Crippen molar-refractivity contribution in [3.05, 3.63) is 24.0 Å². The lowest BCUT2D eigenvalue weighted by Crippen LogP contribution is -2.03. The van der Waals surface area contributed by atoms with Gasteiger partial charge in [-0.3, -0.25) is 0 Å². The van der Waals surface area contributed by atoms with Crippen LogP contribution in [0.1, 0.15) is 5.82 Å². The second-order valence-electron chi connectivity index (χ2n) is 3.03. The van der Waals surface area contributed by atoms with Gasteiger partial charge in [-0.05, 0) is 18.2 Å². The minimum absolute atomic E-state index is 0.486. The third kappa shape index (κ3) is 2.13. The molecule has 78 valence electrons. The predicted molar refractivity (Wildman–Crippen MR) is 56.8 cm³/mol. The molecule has 0 saturated carbocycles. The van der Waals surface area contributed by atoms with Gasteiger partial charge in [0, 0.05) is 5.69 Å². The number of nitrogens with two attached hydrogens (primary N) is 2. The van der Waals surface area contributed by atoms with Crippen molar-refractivity contribution in [2.45, 2.75) is 6.54 Å². The lowest BCUT2D eigenvalue weighted by molar-refractivity contribution is 0.881. The normalized spacial score (nSPS) is 10.1. The number of anilines is 3. The third-order valence-corrected chi connectivity index (χ3v) is 1.93. The van der Waals surface area contributed by atoms with Crippen LogP contribution in [0.2, 0.25) is 0 Å². The first-order chi connectivity index (χ1) is 7.25. The van der Waals surface area contributed by atoms with Gasteiger partial charge in [0.05, 0.1) is 17.9 Å². The van der Waals surface area contributed by atoms with Crippen LogP contribution in [0.3, 0.4) is 0 Å². The smallest absolute Gasteiger partial charge is 0.193 e. The van der Waals surface area contributed by atoms with Gasteiger partial charge in [-0.1, -0.05) is 5.21 Å². The average Bonchev–Trinajstić information content (AvgIpc) is 2.73. The number of aromatic amines is 1. The first kappa shape index (κ1) is 9.25. The van der Waals surface area contributed by atoms with Crippen molar-refractivity contribution < 1.29 is 0 Å². The maximum atomic E-state index is 5.65. The molecular weight excluding hydrogens is 194 g/mol. The molecule has 1 aromatic heterocycles. The number of aromatic nitrogens is 4. The maximum Gasteiger partial charge on any atom is 0.193 e. The molecule has 0 aliphatic heterocycles. The van der Waals surface area contributed by atoms with Gasteiger partial charge in [0.2, 0.25) is 0 Å². The highest BCUT2D eigenvalue weighted by molar-refractivity contribution is 5.69. The Bertz CT molecular complexity index is 436. The van der Waals surface area contributed by atoms with Crippen LogP contribution in [-0.2, 0) is 6.54 Å². The number of hydrogen-bond acceptors (Lipinski definition) is 6. The monoisotopic (exact) mass is 205 g/mol. The Kier molecular flexibility index (Phi) is 2.36. The number of tetrazole rings is 1.